The zero-order valence-corrected chi connectivity index (χ0v) is 10.7. The molecule has 1 aliphatic heterocycles. The van der Waals surface area contributed by atoms with Crippen molar-refractivity contribution in [1.82, 2.24) is 15.2 Å². The van der Waals surface area contributed by atoms with E-state index < -0.39 is 5.54 Å². The summed E-state index contributed by atoms with van der Waals surface area (Å²) in [5.41, 5.74) is 1.49. The summed E-state index contributed by atoms with van der Waals surface area (Å²) >= 11 is 0. The third kappa shape index (κ3) is 2.64. The summed E-state index contributed by atoms with van der Waals surface area (Å²) in [7, 11) is 0. The number of hydrogen-bond donors (Lipinski definition) is 1. The van der Waals surface area contributed by atoms with E-state index in [4.69, 9.17) is 0 Å². The highest BCUT2D eigenvalue weighted by molar-refractivity contribution is 5.86. The highest BCUT2D eigenvalue weighted by Gasteiger charge is 2.35. The van der Waals surface area contributed by atoms with E-state index in [1.165, 1.54) is 0 Å². The molecule has 2 rings (SSSR count). The lowest BCUT2D eigenvalue weighted by Crippen LogP contribution is -2.60. The molecule has 0 unspecified atom stereocenters. The van der Waals surface area contributed by atoms with Gasteiger partial charge in [0.1, 0.15) is 0 Å². The molecule has 1 aliphatic rings. The molecule has 0 radical (unpaired) electrons. The summed E-state index contributed by atoms with van der Waals surface area (Å²) in [6, 6.07) is 5.91. The molecule has 0 saturated carbocycles. The summed E-state index contributed by atoms with van der Waals surface area (Å²) in [6.45, 7) is 8.00. The van der Waals surface area contributed by atoms with E-state index >= 15 is 0 Å². The van der Waals surface area contributed by atoms with Gasteiger partial charge in [-0.25, -0.2) is 0 Å². The highest BCUT2D eigenvalue weighted by Crippen LogP contribution is 2.14. The maximum absolute atomic E-state index is 12.2. The van der Waals surface area contributed by atoms with Crippen molar-refractivity contribution in [2.45, 2.75) is 32.9 Å². The highest BCUT2D eigenvalue weighted by atomic mass is 16.2. The van der Waals surface area contributed by atoms with Crippen LogP contribution >= 0.6 is 0 Å². The second kappa shape index (κ2) is 4.45. The number of hydrogen-bond acceptors (Lipinski definition) is 3. The van der Waals surface area contributed by atoms with Crippen molar-refractivity contribution < 1.29 is 4.79 Å². The molecule has 1 N–H and O–H groups in total. The van der Waals surface area contributed by atoms with Crippen LogP contribution in [0.15, 0.2) is 18.2 Å². The van der Waals surface area contributed by atoms with Gasteiger partial charge < -0.3 is 10.2 Å². The minimum atomic E-state index is -0.456. The maximum Gasteiger partial charge on any atom is 0.242 e. The Balaban J connectivity index is 2.11. The van der Waals surface area contributed by atoms with Crippen LogP contribution in [0.1, 0.15) is 25.2 Å². The molecule has 0 bridgehead atoms. The Labute approximate surface area is 102 Å². The molecule has 0 aromatic carbocycles. The van der Waals surface area contributed by atoms with Crippen LogP contribution in [0, 0.1) is 6.92 Å². The van der Waals surface area contributed by atoms with Gasteiger partial charge in [0.25, 0.3) is 0 Å². The zero-order chi connectivity index (χ0) is 12.5. The van der Waals surface area contributed by atoms with Crippen LogP contribution in [0.25, 0.3) is 0 Å². The monoisotopic (exact) mass is 233 g/mol. The lowest BCUT2D eigenvalue weighted by atomic mass is 10.0. The first-order chi connectivity index (χ1) is 7.99. The van der Waals surface area contributed by atoms with Gasteiger partial charge in [-0.05, 0) is 32.9 Å². The standard InChI is InChI=1S/C13H19N3O/c1-10-5-4-6-11(15-10)9-16-8-7-14-13(2,3)12(16)17/h4-6,14H,7-9H2,1-3H3. The first-order valence-electron chi connectivity index (χ1n) is 5.96. The fraction of sp³-hybridized carbons (Fsp3) is 0.538. The average molecular weight is 233 g/mol. The average Bonchev–Trinajstić information content (AvgIpc) is 2.25. The Morgan fingerprint density at radius 2 is 2.24 bits per heavy atom. The van der Waals surface area contributed by atoms with Crippen molar-refractivity contribution in [3.05, 3.63) is 29.6 Å². The zero-order valence-electron chi connectivity index (χ0n) is 10.7. The Bertz CT molecular complexity index is 428. The van der Waals surface area contributed by atoms with Crippen molar-refractivity contribution in [2.75, 3.05) is 13.1 Å². The summed E-state index contributed by atoms with van der Waals surface area (Å²) in [5.74, 6) is 0.145. The Morgan fingerprint density at radius 1 is 1.47 bits per heavy atom. The molecule has 1 aromatic heterocycles. The number of piperazine rings is 1. The van der Waals surface area contributed by atoms with Gasteiger partial charge in [0, 0.05) is 18.8 Å². The molecule has 2 heterocycles. The number of nitrogens with one attached hydrogen (secondary N) is 1. The number of pyridine rings is 1. The van der Waals surface area contributed by atoms with E-state index in [2.05, 4.69) is 10.3 Å². The number of aryl methyl sites for hydroxylation is 1. The van der Waals surface area contributed by atoms with E-state index in [-0.39, 0.29) is 5.91 Å². The predicted molar refractivity (Wildman–Crippen MR) is 66.5 cm³/mol. The van der Waals surface area contributed by atoms with Gasteiger partial charge in [-0.1, -0.05) is 6.07 Å². The minimum Gasteiger partial charge on any atom is -0.334 e. The quantitative estimate of drug-likeness (QED) is 0.832. The van der Waals surface area contributed by atoms with Gasteiger partial charge >= 0.3 is 0 Å². The van der Waals surface area contributed by atoms with E-state index in [1.807, 2.05) is 43.9 Å². The van der Waals surface area contributed by atoms with E-state index in [0.29, 0.717) is 6.54 Å². The van der Waals surface area contributed by atoms with Crippen molar-refractivity contribution in [3.63, 3.8) is 0 Å². The van der Waals surface area contributed by atoms with E-state index in [1.54, 1.807) is 0 Å². The topological polar surface area (TPSA) is 45.2 Å². The summed E-state index contributed by atoms with van der Waals surface area (Å²) in [5, 5.41) is 3.22. The normalized spacial score (nSPS) is 19.5. The SMILES string of the molecule is Cc1cccc(CN2CCNC(C)(C)C2=O)n1. The molecule has 17 heavy (non-hydrogen) atoms. The van der Waals surface area contributed by atoms with Crippen LogP contribution in [0.2, 0.25) is 0 Å². The van der Waals surface area contributed by atoms with Crippen molar-refractivity contribution in [1.29, 1.82) is 0 Å². The predicted octanol–water partition coefficient (Wildman–Crippen LogP) is 1.10. The molecule has 0 spiro atoms. The molecule has 4 heteroatoms. The molecule has 0 aliphatic carbocycles. The van der Waals surface area contributed by atoms with Crippen molar-refractivity contribution >= 4 is 5.91 Å². The summed E-state index contributed by atoms with van der Waals surface area (Å²) in [6.07, 6.45) is 0. The van der Waals surface area contributed by atoms with Crippen LogP contribution in [-0.4, -0.2) is 34.4 Å². The van der Waals surface area contributed by atoms with Crippen molar-refractivity contribution in [2.24, 2.45) is 0 Å². The van der Waals surface area contributed by atoms with Crippen molar-refractivity contribution in [3.8, 4) is 0 Å². The first kappa shape index (κ1) is 12.0. The molecule has 0 atom stereocenters. The molecule has 1 saturated heterocycles. The molecular weight excluding hydrogens is 214 g/mol. The second-order valence-corrected chi connectivity index (χ2v) is 5.05. The number of aromatic nitrogens is 1. The van der Waals surface area contributed by atoms with Gasteiger partial charge in [0.15, 0.2) is 0 Å². The number of nitrogens with zero attached hydrogens (tertiary/aromatic N) is 2. The van der Waals surface area contributed by atoms with Crippen LogP contribution in [0.5, 0.6) is 0 Å². The van der Waals surface area contributed by atoms with Crippen LogP contribution in [0.3, 0.4) is 0 Å². The Kier molecular flexibility index (Phi) is 3.15. The van der Waals surface area contributed by atoms with Gasteiger partial charge in [0.2, 0.25) is 5.91 Å². The minimum absolute atomic E-state index is 0.145. The number of carbonyl (C=O) groups is 1. The van der Waals surface area contributed by atoms with Gasteiger partial charge in [-0.3, -0.25) is 9.78 Å². The number of rotatable bonds is 2. The number of amides is 1. The largest absolute Gasteiger partial charge is 0.334 e. The molecule has 1 amide bonds. The van der Waals surface area contributed by atoms with Crippen LogP contribution in [0.4, 0.5) is 0 Å². The van der Waals surface area contributed by atoms with E-state index in [9.17, 15) is 4.79 Å². The van der Waals surface area contributed by atoms with E-state index in [0.717, 1.165) is 24.5 Å². The fourth-order valence-electron chi connectivity index (χ4n) is 2.11. The summed E-state index contributed by atoms with van der Waals surface area (Å²) in [4.78, 5) is 18.5. The van der Waals surface area contributed by atoms with Crippen LogP contribution < -0.4 is 5.32 Å². The first-order valence-corrected chi connectivity index (χ1v) is 5.96. The van der Waals surface area contributed by atoms with Gasteiger partial charge in [-0.2, -0.15) is 0 Å². The lowest BCUT2D eigenvalue weighted by molar-refractivity contribution is -0.140. The summed E-state index contributed by atoms with van der Waals surface area (Å²) < 4.78 is 0. The third-order valence-corrected chi connectivity index (χ3v) is 3.07. The molecule has 1 aromatic rings. The third-order valence-electron chi connectivity index (χ3n) is 3.07. The molecule has 92 valence electrons. The van der Waals surface area contributed by atoms with Gasteiger partial charge in [-0.15, -0.1) is 0 Å². The smallest absolute Gasteiger partial charge is 0.242 e. The number of carbonyl (C=O) groups excluding carboxylic acids is 1. The molecule has 4 nitrogen and oxygen atoms in total. The second-order valence-electron chi connectivity index (χ2n) is 5.05. The van der Waals surface area contributed by atoms with Gasteiger partial charge in [0.05, 0.1) is 17.8 Å². The fourth-order valence-corrected chi connectivity index (χ4v) is 2.11. The van der Waals surface area contributed by atoms with Crippen LogP contribution in [-0.2, 0) is 11.3 Å². The Morgan fingerprint density at radius 3 is 2.94 bits per heavy atom. The molecular formula is C13H19N3O. The lowest BCUT2D eigenvalue weighted by Gasteiger charge is -2.38. The maximum atomic E-state index is 12.2. The Hall–Kier alpha value is -1.42. The molecule has 1 fully saturated rings.